The number of methoxy groups -OCH3 is 1. The largest absolute Gasteiger partial charge is 0.495 e. The number of non-ortho nitro benzene ring substituents is 1. The van der Waals surface area contributed by atoms with Crippen LogP contribution < -0.4 is 15.6 Å². The molecule has 1 aromatic heterocycles. The molecule has 0 saturated carbocycles. The summed E-state index contributed by atoms with van der Waals surface area (Å²) in [6, 6.07) is 10.8. The predicted octanol–water partition coefficient (Wildman–Crippen LogP) is 3.77. The number of anilines is 1. The lowest BCUT2D eigenvalue weighted by Gasteiger charge is -2.18. The lowest BCUT2D eigenvalue weighted by atomic mass is 10.1. The fourth-order valence-corrected chi connectivity index (χ4v) is 3.13. The first-order valence-electron chi connectivity index (χ1n) is 8.26. The van der Waals surface area contributed by atoms with Gasteiger partial charge < -0.3 is 10.1 Å². The first kappa shape index (κ1) is 19.4. The second kappa shape index (κ2) is 7.69. The van der Waals surface area contributed by atoms with E-state index in [0.29, 0.717) is 27.4 Å². The number of nitro groups is 1. The molecule has 0 fully saturated rings. The Hall–Kier alpha value is -3.39. The molecule has 0 spiro atoms. The summed E-state index contributed by atoms with van der Waals surface area (Å²) in [6.07, 6.45) is 0. The maximum atomic E-state index is 12.7. The number of carbonyl (C=O) groups excluding carboxylic acids is 1. The van der Waals surface area contributed by atoms with Crippen LogP contribution in [-0.4, -0.2) is 22.5 Å². The lowest BCUT2D eigenvalue weighted by molar-refractivity contribution is -0.384. The van der Waals surface area contributed by atoms with Gasteiger partial charge in [0, 0.05) is 29.3 Å². The minimum Gasteiger partial charge on any atom is -0.495 e. The zero-order valence-electron chi connectivity index (χ0n) is 15.0. The minimum absolute atomic E-state index is 0.0947. The molecule has 0 aliphatic rings. The van der Waals surface area contributed by atoms with Crippen molar-refractivity contribution < 1.29 is 14.5 Å². The van der Waals surface area contributed by atoms with Crippen LogP contribution in [0.15, 0.2) is 53.3 Å². The first-order valence-corrected chi connectivity index (χ1v) is 8.63. The Labute approximate surface area is 164 Å². The molecule has 0 bridgehead atoms. The SMILES string of the molecule is COc1ccc(NC(=O)C(C)n2c(=O)ccc3cc([N+](=O)[O-])ccc32)cc1Cl. The van der Waals surface area contributed by atoms with Crippen LogP contribution in [0.25, 0.3) is 10.9 Å². The summed E-state index contributed by atoms with van der Waals surface area (Å²) in [5, 5.41) is 14.5. The number of carbonyl (C=O) groups is 1. The van der Waals surface area contributed by atoms with Crippen molar-refractivity contribution in [3.63, 3.8) is 0 Å². The van der Waals surface area contributed by atoms with Crippen molar-refractivity contribution in [2.75, 3.05) is 12.4 Å². The average molecular weight is 402 g/mol. The van der Waals surface area contributed by atoms with E-state index in [4.69, 9.17) is 16.3 Å². The van der Waals surface area contributed by atoms with Gasteiger partial charge in [0.25, 0.3) is 11.2 Å². The highest BCUT2D eigenvalue weighted by Crippen LogP contribution is 2.28. The topological polar surface area (TPSA) is 103 Å². The maximum absolute atomic E-state index is 12.7. The molecule has 0 saturated heterocycles. The Kier molecular flexibility index (Phi) is 5.32. The number of nitro benzene ring substituents is 1. The Bertz CT molecular complexity index is 1140. The second-order valence-corrected chi connectivity index (χ2v) is 6.46. The average Bonchev–Trinajstić information content (AvgIpc) is 2.67. The number of nitrogens with one attached hydrogen (secondary N) is 1. The number of nitrogens with zero attached hydrogens (tertiary/aromatic N) is 2. The van der Waals surface area contributed by atoms with Gasteiger partial charge >= 0.3 is 0 Å². The summed E-state index contributed by atoms with van der Waals surface area (Å²) in [6.45, 7) is 1.57. The van der Waals surface area contributed by atoms with Crippen LogP contribution in [0, 0.1) is 10.1 Å². The third kappa shape index (κ3) is 3.67. The van der Waals surface area contributed by atoms with Gasteiger partial charge in [-0.05, 0) is 37.3 Å². The molecule has 0 aliphatic heterocycles. The summed E-state index contributed by atoms with van der Waals surface area (Å²) in [7, 11) is 1.48. The van der Waals surface area contributed by atoms with Crippen LogP contribution in [-0.2, 0) is 4.79 Å². The smallest absolute Gasteiger partial charge is 0.270 e. The van der Waals surface area contributed by atoms with Crippen molar-refractivity contribution in [1.29, 1.82) is 0 Å². The van der Waals surface area contributed by atoms with Gasteiger partial charge in [-0.1, -0.05) is 11.6 Å². The number of fused-ring (bicyclic) bond motifs is 1. The summed E-state index contributed by atoms with van der Waals surface area (Å²) in [5.74, 6) is 0.0359. The quantitative estimate of drug-likeness (QED) is 0.517. The van der Waals surface area contributed by atoms with E-state index < -0.39 is 22.4 Å². The number of pyridine rings is 1. The zero-order valence-corrected chi connectivity index (χ0v) is 15.8. The summed E-state index contributed by atoms with van der Waals surface area (Å²) < 4.78 is 6.37. The molecule has 144 valence electrons. The van der Waals surface area contributed by atoms with Gasteiger partial charge in [-0.25, -0.2) is 0 Å². The Morgan fingerprint density at radius 1 is 1.21 bits per heavy atom. The molecule has 8 nitrogen and oxygen atoms in total. The van der Waals surface area contributed by atoms with Crippen molar-refractivity contribution in [1.82, 2.24) is 4.57 Å². The lowest BCUT2D eigenvalue weighted by Crippen LogP contribution is -2.31. The molecular formula is C19H16ClN3O5. The van der Waals surface area contributed by atoms with Crippen LogP contribution in [0.3, 0.4) is 0 Å². The Morgan fingerprint density at radius 3 is 2.61 bits per heavy atom. The van der Waals surface area contributed by atoms with E-state index in [1.165, 1.54) is 42.0 Å². The molecule has 3 aromatic rings. The van der Waals surface area contributed by atoms with E-state index in [2.05, 4.69) is 5.32 Å². The molecule has 2 aromatic carbocycles. The van der Waals surface area contributed by atoms with Gasteiger partial charge in [-0.15, -0.1) is 0 Å². The van der Waals surface area contributed by atoms with E-state index in [-0.39, 0.29) is 5.69 Å². The number of ether oxygens (including phenoxy) is 1. The summed E-state index contributed by atoms with van der Waals surface area (Å²) >= 11 is 6.07. The number of hydrogen-bond acceptors (Lipinski definition) is 5. The van der Waals surface area contributed by atoms with Gasteiger partial charge in [0.05, 0.1) is 22.6 Å². The first-order chi connectivity index (χ1) is 13.3. The molecule has 1 amide bonds. The summed E-state index contributed by atoms with van der Waals surface area (Å²) in [4.78, 5) is 35.5. The van der Waals surface area contributed by atoms with Crippen LogP contribution in [0.2, 0.25) is 5.02 Å². The fraction of sp³-hybridized carbons (Fsp3) is 0.158. The van der Waals surface area contributed by atoms with Gasteiger partial charge in [0.2, 0.25) is 5.91 Å². The summed E-state index contributed by atoms with van der Waals surface area (Å²) in [5.41, 5.74) is 0.388. The number of benzene rings is 2. The molecule has 3 rings (SSSR count). The minimum atomic E-state index is -0.862. The second-order valence-electron chi connectivity index (χ2n) is 6.06. The van der Waals surface area contributed by atoms with Gasteiger partial charge in [0.1, 0.15) is 11.8 Å². The van der Waals surface area contributed by atoms with Gasteiger partial charge in [0.15, 0.2) is 0 Å². The highest BCUT2D eigenvalue weighted by molar-refractivity contribution is 6.32. The van der Waals surface area contributed by atoms with Crippen LogP contribution in [0.1, 0.15) is 13.0 Å². The van der Waals surface area contributed by atoms with Crippen LogP contribution >= 0.6 is 11.6 Å². The van der Waals surface area contributed by atoms with Crippen molar-refractivity contribution in [3.8, 4) is 5.75 Å². The number of amides is 1. The third-order valence-electron chi connectivity index (χ3n) is 4.31. The number of aromatic nitrogens is 1. The van der Waals surface area contributed by atoms with Crippen molar-refractivity contribution >= 4 is 39.8 Å². The van der Waals surface area contributed by atoms with E-state index in [1.54, 1.807) is 25.1 Å². The van der Waals surface area contributed by atoms with E-state index in [0.717, 1.165) is 0 Å². The van der Waals surface area contributed by atoms with E-state index in [1.807, 2.05) is 0 Å². The molecular weight excluding hydrogens is 386 g/mol. The molecule has 0 aliphatic carbocycles. The van der Waals surface area contributed by atoms with Crippen LogP contribution in [0.4, 0.5) is 11.4 Å². The van der Waals surface area contributed by atoms with E-state index in [9.17, 15) is 19.7 Å². The molecule has 1 heterocycles. The Morgan fingerprint density at radius 2 is 1.96 bits per heavy atom. The maximum Gasteiger partial charge on any atom is 0.270 e. The standard InChI is InChI=1S/C19H16ClN3O5/c1-11(19(25)21-13-4-7-17(28-2)15(20)10-13)22-16-6-5-14(23(26)27)9-12(16)3-8-18(22)24/h3-11H,1-2H3,(H,21,25). The monoisotopic (exact) mass is 401 g/mol. The van der Waals surface area contributed by atoms with E-state index >= 15 is 0 Å². The van der Waals surface area contributed by atoms with Crippen LogP contribution in [0.5, 0.6) is 5.75 Å². The number of halogens is 1. The molecule has 1 unspecified atom stereocenters. The predicted molar refractivity (Wildman–Crippen MR) is 106 cm³/mol. The van der Waals surface area contributed by atoms with Crippen molar-refractivity contribution in [2.45, 2.75) is 13.0 Å². The molecule has 1 atom stereocenters. The van der Waals surface area contributed by atoms with Gasteiger partial charge in [-0.2, -0.15) is 0 Å². The number of rotatable bonds is 5. The fourth-order valence-electron chi connectivity index (χ4n) is 2.88. The number of hydrogen-bond donors (Lipinski definition) is 1. The van der Waals surface area contributed by atoms with Gasteiger partial charge in [-0.3, -0.25) is 24.3 Å². The molecule has 0 radical (unpaired) electrons. The molecule has 1 N–H and O–H groups in total. The highest BCUT2D eigenvalue weighted by Gasteiger charge is 2.20. The molecule has 28 heavy (non-hydrogen) atoms. The zero-order chi connectivity index (χ0) is 20.4. The highest BCUT2D eigenvalue weighted by atomic mass is 35.5. The molecule has 9 heteroatoms. The Balaban J connectivity index is 1.96. The van der Waals surface area contributed by atoms with Crippen molar-refractivity contribution in [3.05, 3.63) is 74.0 Å². The normalized spacial score (nSPS) is 11.8. The third-order valence-corrected chi connectivity index (χ3v) is 4.61. The van der Waals surface area contributed by atoms with Crippen molar-refractivity contribution in [2.24, 2.45) is 0 Å².